The number of amides is 1. The highest BCUT2D eigenvalue weighted by Crippen LogP contribution is 2.44. The number of nitrogens with one attached hydrogen (secondary N) is 1. The number of alkyl carbamates (subject to hydrolysis) is 1. The number of methoxy groups -OCH3 is 1. The molecule has 5 nitrogen and oxygen atoms in total. The lowest BCUT2D eigenvalue weighted by molar-refractivity contribution is 0.144. The van der Waals surface area contributed by atoms with E-state index in [1.165, 1.54) is 22.3 Å². The van der Waals surface area contributed by atoms with Crippen molar-refractivity contribution in [1.29, 1.82) is 0 Å². The largest absolute Gasteiger partial charge is 0.495 e. The van der Waals surface area contributed by atoms with Gasteiger partial charge >= 0.3 is 6.09 Å². The van der Waals surface area contributed by atoms with Gasteiger partial charge in [0.25, 0.3) is 0 Å². The summed E-state index contributed by atoms with van der Waals surface area (Å²) in [6.07, 6.45) is 4.89. The molecule has 0 aliphatic heterocycles. The standard InChI is InChI=1S/C24H22N2O3/c1-28-18-13-12-17(26-15-18)7-6-14-25-24(27)29-16-23-21-10-4-2-8-19(21)20-9-3-5-11-22(20)23/h2-13,15,23H,14,16H2,1H3,(H,25,27). The molecule has 0 radical (unpaired) electrons. The van der Waals surface area contributed by atoms with Gasteiger partial charge < -0.3 is 14.8 Å². The van der Waals surface area contributed by atoms with Gasteiger partial charge in [0.05, 0.1) is 19.0 Å². The van der Waals surface area contributed by atoms with Crippen molar-refractivity contribution < 1.29 is 14.3 Å². The lowest BCUT2D eigenvalue weighted by atomic mass is 9.98. The summed E-state index contributed by atoms with van der Waals surface area (Å²) in [5.41, 5.74) is 5.62. The van der Waals surface area contributed by atoms with Crippen molar-refractivity contribution in [2.45, 2.75) is 5.92 Å². The molecule has 0 spiro atoms. The van der Waals surface area contributed by atoms with Crippen molar-refractivity contribution >= 4 is 12.2 Å². The van der Waals surface area contributed by atoms with Crippen LogP contribution < -0.4 is 10.1 Å². The zero-order valence-electron chi connectivity index (χ0n) is 16.2. The number of fused-ring (bicyclic) bond motifs is 3. The smallest absolute Gasteiger partial charge is 0.407 e. The average Bonchev–Trinajstić information content (AvgIpc) is 3.09. The Bertz CT molecular complexity index is 983. The minimum atomic E-state index is -0.431. The summed E-state index contributed by atoms with van der Waals surface area (Å²) in [5, 5.41) is 2.75. The van der Waals surface area contributed by atoms with E-state index in [4.69, 9.17) is 9.47 Å². The molecule has 0 saturated carbocycles. The zero-order valence-corrected chi connectivity index (χ0v) is 16.2. The maximum atomic E-state index is 12.1. The molecule has 5 heteroatoms. The van der Waals surface area contributed by atoms with Crippen molar-refractivity contribution in [3.8, 4) is 16.9 Å². The van der Waals surface area contributed by atoms with Crippen LogP contribution in [0.1, 0.15) is 22.7 Å². The fourth-order valence-electron chi connectivity index (χ4n) is 3.58. The number of benzene rings is 2. The first-order valence-corrected chi connectivity index (χ1v) is 9.51. The molecule has 1 aliphatic carbocycles. The van der Waals surface area contributed by atoms with E-state index in [0.717, 1.165) is 5.69 Å². The first kappa shape index (κ1) is 18.7. The molecule has 4 rings (SSSR count). The minimum Gasteiger partial charge on any atom is -0.495 e. The Balaban J connectivity index is 1.31. The number of carbonyl (C=O) groups is 1. The van der Waals surface area contributed by atoms with Crippen LogP contribution in [-0.4, -0.2) is 31.3 Å². The predicted octanol–water partition coefficient (Wildman–Crippen LogP) is 4.64. The quantitative estimate of drug-likeness (QED) is 0.670. The van der Waals surface area contributed by atoms with Gasteiger partial charge in [0, 0.05) is 12.5 Å². The molecule has 3 aromatic rings. The van der Waals surface area contributed by atoms with E-state index >= 15 is 0 Å². The molecule has 29 heavy (non-hydrogen) atoms. The second kappa shape index (κ2) is 8.61. The Hall–Kier alpha value is -3.60. The zero-order chi connectivity index (χ0) is 20.1. The van der Waals surface area contributed by atoms with Gasteiger partial charge in [0.1, 0.15) is 12.4 Å². The van der Waals surface area contributed by atoms with Crippen LogP contribution in [0.3, 0.4) is 0 Å². The van der Waals surface area contributed by atoms with Gasteiger partial charge in [0.15, 0.2) is 0 Å². The van der Waals surface area contributed by atoms with Crippen LogP contribution in [0.2, 0.25) is 0 Å². The summed E-state index contributed by atoms with van der Waals surface area (Å²) in [7, 11) is 1.60. The van der Waals surface area contributed by atoms with E-state index in [0.29, 0.717) is 18.9 Å². The third kappa shape index (κ3) is 4.14. The lowest BCUT2D eigenvalue weighted by Crippen LogP contribution is -2.26. The van der Waals surface area contributed by atoms with Crippen LogP contribution in [0.25, 0.3) is 17.2 Å². The first-order chi connectivity index (χ1) is 14.3. The Kier molecular flexibility index (Phi) is 5.56. The van der Waals surface area contributed by atoms with E-state index in [9.17, 15) is 4.79 Å². The number of rotatable bonds is 6. The van der Waals surface area contributed by atoms with Crippen LogP contribution in [-0.2, 0) is 4.74 Å². The van der Waals surface area contributed by atoms with Crippen molar-refractivity contribution in [2.75, 3.05) is 20.3 Å². The van der Waals surface area contributed by atoms with E-state index in [-0.39, 0.29) is 5.92 Å². The maximum absolute atomic E-state index is 12.1. The van der Waals surface area contributed by atoms with Gasteiger partial charge in [0.2, 0.25) is 0 Å². The summed E-state index contributed by atoms with van der Waals surface area (Å²) in [6, 6.07) is 20.3. The summed E-state index contributed by atoms with van der Waals surface area (Å²) in [6.45, 7) is 0.675. The molecule has 0 bridgehead atoms. The Morgan fingerprint density at radius 2 is 1.72 bits per heavy atom. The molecule has 0 atom stereocenters. The Morgan fingerprint density at radius 1 is 1.03 bits per heavy atom. The van der Waals surface area contributed by atoms with Crippen molar-refractivity contribution in [3.63, 3.8) is 0 Å². The van der Waals surface area contributed by atoms with E-state index < -0.39 is 6.09 Å². The normalized spacial score (nSPS) is 12.4. The predicted molar refractivity (Wildman–Crippen MR) is 113 cm³/mol. The van der Waals surface area contributed by atoms with Gasteiger partial charge in [-0.1, -0.05) is 54.6 Å². The fourth-order valence-corrected chi connectivity index (χ4v) is 3.58. The van der Waals surface area contributed by atoms with Crippen LogP contribution in [0.5, 0.6) is 5.75 Å². The molecule has 146 valence electrons. The Morgan fingerprint density at radius 3 is 2.34 bits per heavy atom. The van der Waals surface area contributed by atoms with E-state index in [1.807, 2.05) is 48.6 Å². The SMILES string of the molecule is COc1ccc(C=CCNC(=O)OCC2c3ccccc3-c3ccccc32)nc1. The first-order valence-electron chi connectivity index (χ1n) is 9.51. The fraction of sp³-hybridized carbons (Fsp3) is 0.167. The van der Waals surface area contributed by atoms with Crippen molar-refractivity contribution in [2.24, 2.45) is 0 Å². The monoisotopic (exact) mass is 386 g/mol. The number of hydrogen-bond acceptors (Lipinski definition) is 4. The van der Waals surface area contributed by atoms with Crippen LogP contribution in [0, 0.1) is 0 Å². The van der Waals surface area contributed by atoms with Crippen molar-refractivity contribution in [1.82, 2.24) is 10.3 Å². The summed E-state index contributed by atoms with van der Waals surface area (Å²) >= 11 is 0. The maximum Gasteiger partial charge on any atom is 0.407 e. The van der Waals surface area contributed by atoms with Crippen LogP contribution >= 0.6 is 0 Å². The molecular formula is C24H22N2O3. The molecule has 1 aliphatic rings. The molecule has 1 amide bonds. The van der Waals surface area contributed by atoms with Gasteiger partial charge in [-0.15, -0.1) is 0 Å². The number of ether oxygens (including phenoxy) is 2. The number of hydrogen-bond donors (Lipinski definition) is 1. The molecule has 0 unspecified atom stereocenters. The second-order valence-electron chi connectivity index (χ2n) is 6.73. The third-order valence-corrected chi connectivity index (χ3v) is 4.99. The minimum absolute atomic E-state index is 0.0622. The number of nitrogens with zero attached hydrogens (tertiary/aromatic N) is 1. The molecule has 0 fully saturated rings. The van der Waals surface area contributed by atoms with Gasteiger partial charge in [-0.2, -0.15) is 0 Å². The highest BCUT2D eigenvalue weighted by Gasteiger charge is 2.28. The molecule has 1 aromatic heterocycles. The number of carbonyl (C=O) groups excluding carboxylic acids is 1. The summed E-state index contributed by atoms with van der Waals surface area (Å²) in [4.78, 5) is 16.4. The van der Waals surface area contributed by atoms with Crippen LogP contribution in [0.15, 0.2) is 72.9 Å². The number of pyridine rings is 1. The van der Waals surface area contributed by atoms with Gasteiger partial charge in [-0.3, -0.25) is 4.98 Å². The van der Waals surface area contributed by atoms with Gasteiger partial charge in [-0.25, -0.2) is 4.79 Å². The molecule has 1 heterocycles. The lowest BCUT2D eigenvalue weighted by Gasteiger charge is -2.14. The second-order valence-corrected chi connectivity index (χ2v) is 6.73. The molecule has 1 N–H and O–H groups in total. The molecule has 0 saturated heterocycles. The molecular weight excluding hydrogens is 364 g/mol. The highest BCUT2D eigenvalue weighted by atomic mass is 16.5. The van der Waals surface area contributed by atoms with Crippen molar-refractivity contribution in [3.05, 3.63) is 89.8 Å². The number of aromatic nitrogens is 1. The highest BCUT2D eigenvalue weighted by molar-refractivity contribution is 5.79. The average molecular weight is 386 g/mol. The summed E-state index contributed by atoms with van der Waals surface area (Å²) in [5.74, 6) is 0.770. The third-order valence-electron chi connectivity index (χ3n) is 4.99. The molecule has 2 aromatic carbocycles. The topological polar surface area (TPSA) is 60.5 Å². The van der Waals surface area contributed by atoms with E-state index in [1.54, 1.807) is 13.3 Å². The van der Waals surface area contributed by atoms with Crippen LogP contribution in [0.4, 0.5) is 4.79 Å². The van der Waals surface area contributed by atoms with Gasteiger partial charge in [-0.05, 0) is 40.5 Å². The summed E-state index contributed by atoms with van der Waals surface area (Å²) < 4.78 is 10.6. The van der Waals surface area contributed by atoms with E-state index in [2.05, 4.69) is 34.6 Å². The Labute approximate surface area is 170 Å².